The quantitative estimate of drug-likeness (QED) is 0.00952. The van der Waals surface area contributed by atoms with E-state index in [1.807, 2.05) is 81.4 Å². The van der Waals surface area contributed by atoms with Crippen LogP contribution in [0.15, 0.2) is 107 Å². The van der Waals surface area contributed by atoms with E-state index in [2.05, 4.69) is 78.5 Å². The fourth-order valence-corrected chi connectivity index (χ4v) is 9.77. The number of halogens is 1. The lowest BCUT2D eigenvalue weighted by Gasteiger charge is -2.19. The zero-order chi connectivity index (χ0) is 62.7. The van der Waals surface area contributed by atoms with Gasteiger partial charge in [0.1, 0.15) is 28.3 Å². The number of esters is 1. The van der Waals surface area contributed by atoms with Crippen molar-refractivity contribution < 1.29 is 28.9 Å². The largest absolute Gasteiger partial charge is 0.481 e. The summed E-state index contributed by atoms with van der Waals surface area (Å²) in [5, 5.41) is 42.5. The molecule has 472 valence electrons. The molecule has 22 nitrogen and oxygen atoms in total. The number of pyridine rings is 2. The number of nitrogens with zero attached hydrogens (tertiary/aromatic N) is 10. The number of imidazole rings is 2. The summed E-state index contributed by atoms with van der Waals surface area (Å²) in [4.78, 5) is 51.2. The maximum Gasteiger partial charge on any atom is 0.308 e. The number of ether oxygens (including phenoxy) is 3. The van der Waals surface area contributed by atoms with Crippen molar-refractivity contribution in [2.24, 2.45) is 9.98 Å². The minimum Gasteiger partial charge on any atom is -0.481 e. The summed E-state index contributed by atoms with van der Waals surface area (Å²) >= 11 is 0. The van der Waals surface area contributed by atoms with E-state index in [1.54, 1.807) is 24.3 Å². The number of nitriles is 2. The number of unbranched alkanes of at least 4 members (excludes halogenated alkanes) is 4. The van der Waals surface area contributed by atoms with Crippen molar-refractivity contribution in [1.82, 2.24) is 39.7 Å². The molecule has 4 heterocycles. The summed E-state index contributed by atoms with van der Waals surface area (Å²) in [5.74, 6) is 2.98. The number of fused-ring (bicyclic) bond motifs is 6. The number of aliphatic carboxylic acids is 1. The number of nitrogens with two attached hydrogens (primary N) is 2. The number of para-hydroxylation sites is 2. The SMILES string of the molecule is CCCCc1nc2c(N)nc3ccccc3c2n1CCCCN=C(NCCOCCC(=O)O)Nc1cccc(C#N)c1.CCCCc1nc2c(N)nc3ccccc3c2n1CCCCN=C(NCCOCCC(=O)OC(C)(C)C)Nc1cccc(C#N)c1.Cl. The molecule has 8 rings (SSSR count). The van der Waals surface area contributed by atoms with Crippen LogP contribution in [0.25, 0.3) is 43.9 Å². The molecule has 0 amide bonds. The molecule has 0 aliphatic rings. The van der Waals surface area contributed by atoms with Crippen LogP contribution in [0.5, 0.6) is 0 Å². The Morgan fingerprint density at radius 2 is 1.06 bits per heavy atom. The molecule has 23 heteroatoms. The van der Waals surface area contributed by atoms with E-state index in [1.165, 1.54) is 0 Å². The second kappa shape index (κ2) is 35.7. The highest BCUT2D eigenvalue weighted by molar-refractivity contribution is 6.07. The van der Waals surface area contributed by atoms with Crippen LogP contribution < -0.4 is 32.7 Å². The van der Waals surface area contributed by atoms with Crippen molar-refractivity contribution in [2.75, 3.05) is 74.7 Å². The van der Waals surface area contributed by atoms with Crippen LogP contribution in [0.3, 0.4) is 0 Å². The number of carboxylic acid groups (broad SMARTS) is 1. The van der Waals surface area contributed by atoms with E-state index >= 15 is 0 Å². The Kier molecular flexibility index (Phi) is 27.6. The molecule has 9 N–H and O–H groups in total. The van der Waals surface area contributed by atoms with Gasteiger partial charge < -0.3 is 61.2 Å². The first-order valence-electron chi connectivity index (χ1n) is 30.4. The molecule has 0 saturated heterocycles. The molecule has 0 bridgehead atoms. The molecular formula is C66H85ClN16O6. The van der Waals surface area contributed by atoms with Crippen LogP contribution in [0.4, 0.5) is 23.0 Å². The molecular weight excluding hydrogens is 1150 g/mol. The zero-order valence-corrected chi connectivity index (χ0v) is 52.6. The highest BCUT2D eigenvalue weighted by Crippen LogP contribution is 2.31. The summed E-state index contributed by atoms with van der Waals surface area (Å²) in [6.45, 7) is 14.7. The average Bonchev–Trinajstić information content (AvgIpc) is 1.68. The van der Waals surface area contributed by atoms with Crippen molar-refractivity contribution >= 4 is 103 Å². The summed E-state index contributed by atoms with van der Waals surface area (Å²) in [5.41, 5.74) is 20.2. The van der Waals surface area contributed by atoms with E-state index < -0.39 is 11.6 Å². The maximum absolute atomic E-state index is 11.9. The number of nitrogen functional groups attached to an aromatic ring is 2. The van der Waals surface area contributed by atoms with Crippen molar-refractivity contribution in [2.45, 2.75) is 130 Å². The second-order valence-electron chi connectivity index (χ2n) is 22.1. The van der Waals surface area contributed by atoms with Crippen molar-refractivity contribution in [3.8, 4) is 12.1 Å². The van der Waals surface area contributed by atoms with E-state index in [0.717, 1.165) is 144 Å². The predicted octanol–water partition coefficient (Wildman–Crippen LogP) is 11.1. The lowest BCUT2D eigenvalue weighted by Crippen LogP contribution is -2.34. The third-order valence-corrected chi connectivity index (χ3v) is 13.9. The van der Waals surface area contributed by atoms with Gasteiger partial charge in [-0.2, -0.15) is 10.5 Å². The maximum atomic E-state index is 11.9. The Bertz CT molecular complexity index is 3750. The molecule has 0 fully saturated rings. The van der Waals surface area contributed by atoms with Crippen LogP contribution in [-0.4, -0.2) is 116 Å². The highest BCUT2D eigenvalue weighted by atomic mass is 35.5. The predicted molar refractivity (Wildman–Crippen MR) is 356 cm³/mol. The van der Waals surface area contributed by atoms with Crippen molar-refractivity contribution in [1.29, 1.82) is 10.5 Å². The molecule has 0 atom stereocenters. The normalized spacial score (nSPS) is 11.6. The Hall–Kier alpha value is -9.09. The number of guanidine groups is 2. The Morgan fingerprint density at radius 3 is 1.48 bits per heavy atom. The van der Waals surface area contributed by atoms with Crippen LogP contribution in [-0.2, 0) is 49.7 Å². The van der Waals surface area contributed by atoms with Gasteiger partial charge in [0, 0.05) is 74.3 Å². The number of carbonyl (C=O) groups is 2. The van der Waals surface area contributed by atoms with Crippen LogP contribution in [0.2, 0.25) is 0 Å². The summed E-state index contributed by atoms with van der Waals surface area (Å²) in [6.07, 6.45) is 9.67. The third kappa shape index (κ3) is 21.3. The first-order valence-corrected chi connectivity index (χ1v) is 30.4. The second-order valence-corrected chi connectivity index (χ2v) is 22.1. The summed E-state index contributed by atoms with van der Waals surface area (Å²) in [7, 11) is 0. The van der Waals surface area contributed by atoms with E-state index in [-0.39, 0.29) is 44.4 Å². The molecule has 0 unspecified atom stereocenters. The number of benzene rings is 4. The molecule has 89 heavy (non-hydrogen) atoms. The van der Waals surface area contributed by atoms with Gasteiger partial charge >= 0.3 is 11.9 Å². The van der Waals surface area contributed by atoms with Crippen LogP contribution in [0, 0.1) is 22.7 Å². The Balaban J connectivity index is 0.000000282. The average molecular weight is 1230 g/mol. The van der Waals surface area contributed by atoms with Gasteiger partial charge in [-0.15, -0.1) is 12.4 Å². The lowest BCUT2D eigenvalue weighted by molar-refractivity contribution is -0.156. The first-order chi connectivity index (χ1) is 42.7. The molecule has 8 aromatic rings. The monoisotopic (exact) mass is 1230 g/mol. The minimum absolute atomic E-state index is 0. The summed E-state index contributed by atoms with van der Waals surface area (Å²) < 4.78 is 21.0. The number of nitrogens with one attached hydrogen (secondary N) is 4. The minimum atomic E-state index is -0.890. The first kappa shape index (κ1) is 69.0. The number of hydrogen-bond donors (Lipinski definition) is 7. The fourth-order valence-electron chi connectivity index (χ4n) is 9.77. The van der Waals surface area contributed by atoms with E-state index in [0.29, 0.717) is 74.1 Å². The van der Waals surface area contributed by atoms with Gasteiger partial charge in [0.05, 0.1) is 84.6 Å². The van der Waals surface area contributed by atoms with Gasteiger partial charge in [-0.1, -0.05) is 75.2 Å². The molecule has 0 spiro atoms. The van der Waals surface area contributed by atoms with E-state index in [4.69, 9.17) is 50.7 Å². The summed E-state index contributed by atoms with van der Waals surface area (Å²) in [6, 6.07) is 34.9. The number of hydrogen-bond acceptors (Lipinski definition) is 15. The van der Waals surface area contributed by atoms with Crippen LogP contribution in [0.1, 0.15) is 122 Å². The number of aliphatic imine (C=N–C) groups is 2. The van der Waals surface area contributed by atoms with Crippen molar-refractivity contribution in [3.05, 3.63) is 120 Å². The molecule has 0 saturated carbocycles. The molecule has 0 aliphatic carbocycles. The molecule has 0 radical (unpaired) electrons. The number of anilines is 4. The smallest absolute Gasteiger partial charge is 0.308 e. The number of rotatable bonds is 30. The van der Waals surface area contributed by atoms with Gasteiger partial charge in [-0.25, -0.2) is 19.9 Å². The van der Waals surface area contributed by atoms with E-state index in [9.17, 15) is 20.1 Å². The Morgan fingerprint density at radius 1 is 0.607 bits per heavy atom. The number of aryl methyl sites for hydroxylation is 4. The van der Waals surface area contributed by atoms with Crippen molar-refractivity contribution in [3.63, 3.8) is 0 Å². The fraction of sp³-hybridized carbons (Fsp3) is 0.424. The van der Waals surface area contributed by atoms with Gasteiger partial charge in [0.15, 0.2) is 23.6 Å². The Labute approximate surface area is 527 Å². The topological polar surface area (TPSA) is 316 Å². The number of carbonyl (C=O) groups excluding carboxylic acids is 1. The van der Waals surface area contributed by atoms with Gasteiger partial charge in [-0.3, -0.25) is 19.6 Å². The van der Waals surface area contributed by atoms with Gasteiger partial charge in [0.25, 0.3) is 0 Å². The lowest BCUT2D eigenvalue weighted by atomic mass is 10.2. The standard InChI is InChI=1S/C35H46N8O3.C31H38N8O3.ClH/c1-5-6-16-29-42-31-32(27-14-7-8-15-28(27)41-33(31)37)43(29)20-10-9-18-38-34(40-26-13-11-12-25(23-26)24-36)39-19-22-45-21-17-30(44)46-35(2,3)4;1-2-3-13-26-38-28-29(24-11-4-5-12-25(24)37-30(28)33)39(26)17-7-6-15-34-31(35-16-19-42-18-14-27(40)41)36-23-10-8-9-22(20-23)21-32;/h7-8,11-15,23H,5-6,9-10,16-22H2,1-4H3,(H2,37,41)(H2,38,39,40);4-5,8-12,20H,2-3,6-7,13-19H2,1H3,(H2,33,37)(H,40,41)(H2,34,35,36);1H. The molecule has 4 aromatic carbocycles. The molecule has 0 aliphatic heterocycles. The van der Waals surface area contributed by atoms with Gasteiger partial charge in [0.2, 0.25) is 0 Å². The third-order valence-electron chi connectivity index (χ3n) is 13.9. The van der Waals surface area contributed by atoms with Gasteiger partial charge in [-0.05, 0) is 108 Å². The zero-order valence-electron chi connectivity index (χ0n) is 51.8. The number of aromatic nitrogens is 6. The molecule has 4 aromatic heterocycles. The van der Waals surface area contributed by atoms with Crippen LogP contribution >= 0.6 is 12.4 Å². The number of carboxylic acids is 1. The highest BCUT2D eigenvalue weighted by Gasteiger charge is 2.20.